The summed E-state index contributed by atoms with van der Waals surface area (Å²) in [5, 5.41) is 32.9. The van der Waals surface area contributed by atoms with Crippen LogP contribution in [0.1, 0.15) is 10.4 Å². The topological polar surface area (TPSA) is 155 Å². The number of hydrogen-bond donors (Lipinski definition) is 3. The Morgan fingerprint density at radius 2 is 1.71 bits per heavy atom. The van der Waals surface area contributed by atoms with Gasteiger partial charge in [0.25, 0.3) is 5.91 Å². The molecule has 0 aliphatic carbocycles. The van der Waals surface area contributed by atoms with Crippen LogP contribution >= 0.6 is 12.4 Å². The molecule has 0 atom stereocenters. The van der Waals surface area contributed by atoms with Crippen molar-refractivity contribution < 1.29 is 34.2 Å². The van der Waals surface area contributed by atoms with Crippen molar-refractivity contribution >= 4 is 35.6 Å². The molecule has 184 valence electrons. The van der Waals surface area contributed by atoms with E-state index in [0.717, 1.165) is 6.07 Å². The highest BCUT2D eigenvalue weighted by atomic mass is 35.5. The molecule has 2 aromatic rings. The van der Waals surface area contributed by atoms with Crippen molar-refractivity contribution in [3.63, 3.8) is 0 Å². The van der Waals surface area contributed by atoms with Crippen molar-refractivity contribution in [3.05, 3.63) is 46.0 Å². The number of carbonyl (C=O) groups excluding carboxylic acids is 2. The highest BCUT2D eigenvalue weighted by Crippen LogP contribution is 2.40. The number of rotatable bonds is 7. The minimum Gasteiger partial charge on any atom is -0.502 e. The van der Waals surface area contributed by atoms with Crippen LogP contribution in [-0.2, 0) is 4.79 Å². The zero-order valence-electron chi connectivity index (χ0n) is 18.5. The molecule has 0 saturated carbocycles. The summed E-state index contributed by atoms with van der Waals surface area (Å²) in [6.45, 7) is 1.64. The van der Waals surface area contributed by atoms with Crippen molar-refractivity contribution in [2.75, 3.05) is 52.3 Å². The number of piperazine rings is 1. The summed E-state index contributed by atoms with van der Waals surface area (Å²) in [5.41, 5.74) is -0.593. The van der Waals surface area contributed by atoms with Gasteiger partial charge in [0.2, 0.25) is 11.7 Å². The zero-order valence-corrected chi connectivity index (χ0v) is 19.3. The SMILES string of the molecule is COc1ccc(C(=O)N2CCN(CC(=O)Nc3ccc(O)c([N+](=O)[O-])c3O)CC2)cc1OC.Cl. The van der Waals surface area contributed by atoms with Gasteiger partial charge in [-0.15, -0.1) is 12.4 Å². The van der Waals surface area contributed by atoms with E-state index in [1.807, 2.05) is 4.90 Å². The first kappa shape index (κ1) is 26.5. The first-order chi connectivity index (χ1) is 15.7. The number of nitrogens with zero attached hydrogens (tertiary/aromatic N) is 3. The van der Waals surface area contributed by atoms with Crippen LogP contribution in [0, 0.1) is 10.1 Å². The van der Waals surface area contributed by atoms with Gasteiger partial charge in [-0.2, -0.15) is 0 Å². The molecule has 1 aliphatic rings. The maximum atomic E-state index is 12.8. The Morgan fingerprint density at radius 1 is 1.06 bits per heavy atom. The molecule has 0 spiro atoms. The Balaban J connectivity index is 0.00000408. The predicted octanol–water partition coefficient (Wildman–Crippen LogP) is 1.84. The van der Waals surface area contributed by atoms with E-state index in [2.05, 4.69) is 5.32 Å². The monoisotopic (exact) mass is 496 g/mol. The van der Waals surface area contributed by atoms with E-state index in [1.54, 1.807) is 23.1 Å². The van der Waals surface area contributed by atoms with Crippen molar-refractivity contribution in [2.45, 2.75) is 0 Å². The van der Waals surface area contributed by atoms with Crippen LogP contribution < -0.4 is 14.8 Å². The highest BCUT2D eigenvalue weighted by molar-refractivity contribution is 5.96. The maximum absolute atomic E-state index is 12.8. The van der Waals surface area contributed by atoms with Crippen molar-refractivity contribution in [1.29, 1.82) is 0 Å². The van der Waals surface area contributed by atoms with Gasteiger partial charge < -0.3 is 29.9 Å². The quantitative estimate of drug-likeness (QED) is 0.225. The van der Waals surface area contributed by atoms with Crippen LogP contribution in [0.15, 0.2) is 30.3 Å². The molecule has 34 heavy (non-hydrogen) atoms. The van der Waals surface area contributed by atoms with Crippen molar-refractivity contribution in [1.82, 2.24) is 9.80 Å². The molecule has 0 radical (unpaired) electrons. The molecule has 2 amide bonds. The molecule has 12 nitrogen and oxygen atoms in total. The van der Waals surface area contributed by atoms with Crippen LogP contribution in [0.4, 0.5) is 11.4 Å². The second-order valence-corrected chi connectivity index (χ2v) is 7.27. The number of benzene rings is 2. The Morgan fingerprint density at radius 3 is 2.29 bits per heavy atom. The van der Waals surface area contributed by atoms with E-state index in [9.17, 15) is 29.9 Å². The lowest BCUT2D eigenvalue weighted by atomic mass is 10.1. The Hall–Kier alpha value is -3.77. The van der Waals surface area contributed by atoms with E-state index in [0.29, 0.717) is 43.2 Å². The minimum absolute atomic E-state index is 0. The molecule has 0 unspecified atom stereocenters. The lowest BCUT2D eigenvalue weighted by Gasteiger charge is -2.34. The molecule has 1 aliphatic heterocycles. The number of aromatic hydroxyl groups is 2. The molecule has 3 N–H and O–H groups in total. The van der Waals surface area contributed by atoms with Gasteiger partial charge in [-0.25, -0.2) is 0 Å². The second kappa shape index (κ2) is 11.4. The van der Waals surface area contributed by atoms with Gasteiger partial charge in [0, 0.05) is 31.7 Å². The maximum Gasteiger partial charge on any atom is 0.354 e. The number of ether oxygens (including phenoxy) is 2. The lowest BCUT2D eigenvalue weighted by Crippen LogP contribution is -2.50. The summed E-state index contributed by atoms with van der Waals surface area (Å²) in [6.07, 6.45) is 0. The highest BCUT2D eigenvalue weighted by Gasteiger charge is 2.26. The number of halogens is 1. The van der Waals surface area contributed by atoms with E-state index in [1.165, 1.54) is 20.3 Å². The average Bonchev–Trinajstić information content (AvgIpc) is 2.80. The molecular weight excluding hydrogens is 472 g/mol. The predicted molar refractivity (Wildman–Crippen MR) is 124 cm³/mol. The third-order valence-corrected chi connectivity index (χ3v) is 5.24. The fourth-order valence-corrected chi connectivity index (χ4v) is 3.50. The third kappa shape index (κ3) is 5.77. The van der Waals surface area contributed by atoms with Crippen LogP contribution in [0.25, 0.3) is 0 Å². The van der Waals surface area contributed by atoms with Crippen LogP contribution in [0.5, 0.6) is 23.0 Å². The fraction of sp³-hybridized carbons (Fsp3) is 0.333. The molecule has 2 aromatic carbocycles. The van der Waals surface area contributed by atoms with Gasteiger partial charge in [-0.1, -0.05) is 0 Å². The Labute approximate surface area is 201 Å². The summed E-state index contributed by atoms with van der Waals surface area (Å²) >= 11 is 0. The summed E-state index contributed by atoms with van der Waals surface area (Å²) in [7, 11) is 3.00. The number of nitro benzene ring substituents is 1. The largest absolute Gasteiger partial charge is 0.502 e. The Kier molecular flexibility index (Phi) is 8.87. The number of nitro groups is 1. The van der Waals surface area contributed by atoms with E-state index in [4.69, 9.17) is 9.47 Å². The van der Waals surface area contributed by atoms with Gasteiger partial charge in [-0.3, -0.25) is 24.6 Å². The first-order valence-corrected chi connectivity index (χ1v) is 9.98. The van der Waals surface area contributed by atoms with Gasteiger partial charge in [0.15, 0.2) is 17.2 Å². The fourth-order valence-electron chi connectivity index (χ4n) is 3.50. The van der Waals surface area contributed by atoms with E-state index < -0.39 is 28.0 Å². The molecular formula is C21H25ClN4O8. The molecule has 1 fully saturated rings. The van der Waals surface area contributed by atoms with Gasteiger partial charge >= 0.3 is 5.69 Å². The molecule has 1 saturated heterocycles. The van der Waals surface area contributed by atoms with Crippen molar-refractivity contribution in [2.24, 2.45) is 0 Å². The van der Waals surface area contributed by atoms with Gasteiger partial charge in [-0.05, 0) is 30.3 Å². The summed E-state index contributed by atoms with van der Waals surface area (Å²) in [6, 6.07) is 7.13. The first-order valence-electron chi connectivity index (χ1n) is 9.98. The number of amides is 2. The molecule has 13 heteroatoms. The van der Waals surface area contributed by atoms with Crippen molar-refractivity contribution in [3.8, 4) is 23.0 Å². The number of methoxy groups -OCH3 is 2. The molecule has 3 rings (SSSR count). The number of nitrogens with one attached hydrogen (secondary N) is 1. The normalized spacial score (nSPS) is 13.5. The van der Waals surface area contributed by atoms with Crippen LogP contribution in [-0.4, -0.2) is 83.7 Å². The molecule has 1 heterocycles. The third-order valence-electron chi connectivity index (χ3n) is 5.24. The van der Waals surface area contributed by atoms with Gasteiger partial charge in [0.1, 0.15) is 0 Å². The number of carbonyl (C=O) groups is 2. The van der Waals surface area contributed by atoms with Gasteiger partial charge in [0.05, 0.1) is 31.4 Å². The summed E-state index contributed by atoms with van der Waals surface area (Å²) in [5.74, 6) is -1.21. The van der Waals surface area contributed by atoms with Crippen LogP contribution in [0.2, 0.25) is 0 Å². The summed E-state index contributed by atoms with van der Waals surface area (Å²) < 4.78 is 10.4. The number of phenols is 2. The van der Waals surface area contributed by atoms with E-state index in [-0.39, 0.29) is 30.5 Å². The molecule has 0 bridgehead atoms. The second-order valence-electron chi connectivity index (χ2n) is 7.27. The number of anilines is 1. The zero-order chi connectivity index (χ0) is 24.1. The smallest absolute Gasteiger partial charge is 0.354 e. The molecule has 0 aromatic heterocycles. The number of hydrogen-bond acceptors (Lipinski definition) is 9. The average molecular weight is 497 g/mol. The standard InChI is InChI=1S/C21H24N4O8.ClH/c1-32-16-6-3-13(11-17(16)33-2)21(29)24-9-7-23(8-10-24)12-18(27)22-14-4-5-15(26)19(20(14)28)25(30)31;/h3-6,11,26,28H,7-10,12H2,1-2H3,(H,22,27);1H. The lowest BCUT2D eigenvalue weighted by molar-refractivity contribution is -0.386. The Bertz CT molecular complexity index is 1070. The minimum atomic E-state index is -0.936. The summed E-state index contributed by atoms with van der Waals surface area (Å²) in [4.78, 5) is 38.7. The number of phenolic OH excluding ortho intramolecular Hbond substituents is 2. The van der Waals surface area contributed by atoms with Crippen LogP contribution in [0.3, 0.4) is 0 Å². The van der Waals surface area contributed by atoms with E-state index >= 15 is 0 Å².